The van der Waals surface area contributed by atoms with Crippen LogP contribution < -0.4 is 10.5 Å². The number of anilines is 1. The van der Waals surface area contributed by atoms with Crippen LogP contribution in [0.4, 0.5) is 5.69 Å². The van der Waals surface area contributed by atoms with Gasteiger partial charge in [0.15, 0.2) is 0 Å². The second-order valence-corrected chi connectivity index (χ2v) is 3.99. The summed E-state index contributed by atoms with van der Waals surface area (Å²) in [6.07, 6.45) is -0.0222. The molecular formula is C13H16N2O2. The number of ether oxygens (including phenoxy) is 2. The van der Waals surface area contributed by atoms with Crippen molar-refractivity contribution in [3.63, 3.8) is 0 Å². The number of nitrogens with zero attached hydrogens (tertiary/aromatic N) is 1. The molecule has 4 nitrogen and oxygen atoms in total. The molecule has 1 aromatic carbocycles. The molecule has 17 heavy (non-hydrogen) atoms. The first-order valence-electron chi connectivity index (χ1n) is 5.51. The molecule has 1 unspecified atom stereocenters. The number of methoxy groups -OCH3 is 1. The third-order valence-electron chi connectivity index (χ3n) is 2.41. The molecule has 0 saturated carbocycles. The van der Waals surface area contributed by atoms with E-state index in [9.17, 15) is 0 Å². The van der Waals surface area contributed by atoms with E-state index in [-0.39, 0.29) is 6.10 Å². The van der Waals surface area contributed by atoms with Crippen molar-refractivity contribution in [1.82, 2.24) is 4.98 Å². The van der Waals surface area contributed by atoms with Crippen LogP contribution in [0.2, 0.25) is 0 Å². The van der Waals surface area contributed by atoms with Gasteiger partial charge in [0.05, 0.1) is 12.1 Å². The van der Waals surface area contributed by atoms with Gasteiger partial charge < -0.3 is 15.2 Å². The lowest BCUT2D eigenvalue weighted by Crippen LogP contribution is -2.18. The summed E-state index contributed by atoms with van der Waals surface area (Å²) in [6.45, 7) is 2.48. The summed E-state index contributed by atoms with van der Waals surface area (Å²) in [7, 11) is 1.65. The molecule has 0 spiro atoms. The fourth-order valence-corrected chi connectivity index (χ4v) is 1.66. The Morgan fingerprint density at radius 1 is 1.29 bits per heavy atom. The first-order valence-corrected chi connectivity index (χ1v) is 5.51. The Kier molecular flexibility index (Phi) is 3.44. The topological polar surface area (TPSA) is 57.4 Å². The molecule has 2 rings (SSSR count). The number of pyridine rings is 1. The summed E-state index contributed by atoms with van der Waals surface area (Å²) in [5.74, 6) is 0.590. The van der Waals surface area contributed by atoms with E-state index >= 15 is 0 Å². The average molecular weight is 232 g/mol. The molecule has 0 saturated heterocycles. The van der Waals surface area contributed by atoms with E-state index in [1.807, 2.05) is 37.3 Å². The molecule has 90 valence electrons. The minimum atomic E-state index is -0.0222. The van der Waals surface area contributed by atoms with Crippen molar-refractivity contribution in [3.8, 4) is 5.88 Å². The Balaban J connectivity index is 2.24. The van der Waals surface area contributed by atoms with E-state index in [0.29, 0.717) is 18.2 Å². The predicted molar refractivity (Wildman–Crippen MR) is 68.1 cm³/mol. The van der Waals surface area contributed by atoms with Crippen LogP contribution in [0, 0.1) is 0 Å². The number of fused-ring (bicyclic) bond motifs is 1. The third kappa shape index (κ3) is 2.85. The van der Waals surface area contributed by atoms with Crippen molar-refractivity contribution in [2.75, 3.05) is 19.5 Å². The monoisotopic (exact) mass is 232 g/mol. The van der Waals surface area contributed by atoms with E-state index in [1.54, 1.807) is 7.11 Å². The van der Waals surface area contributed by atoms with E-state index < -0.39 is 0 Å². The smallest absolute Gasteiger partial charge is 0.214 e. The minimum Gasteiger partial charge on any atom is -0.472 e. The number of nitrogen functional groups attached to an aromatic ring is 1. The molecule has 1 aromatic heterocycles. The van der Waals surface area contributed by atoms with Crippen LogP contribution in [0.15, 0.2) is 30.3 Å². The second kappa shape index (κ2) is 5.01. The highest BCUT2D eigenvalue weighted by atomic mass is 16.5. The fraction of sp³-hybridized carbons (Fsp3) is 0.308. The summed E-state index contributed by atoms with van der Waals surface area (Å²) >= 11 is 0. The van der Waals surface area contributed by atoms with Gasteiger partial charge >= 0.3 is 0 Å². The second-order valence-electron chi connectivity index (χ2n) is 3.99. The first kappa shape index (κ1) is 11.7. The summed E-state index contributed by atoms with van der Waals surface area (Å²) in [4.78, 5) is 4.40. The SMILES string of the molecule is COCC(C)Oc1ccc2ccc(N)cc2n1. The molecule has 0 aliphatic rings. The molecule has 2 N–H and O–H groups in total. The van der Waals surface area contributed by atoms with Crippen LogP contribution in [0.25, 0.3) is 10.9 Å². The Labute approximate surface area is 100 Å². The molecule has 0 aliphatic heterocycles. The molecule has 2 aromatic rings. The molecule has 0 amide bonds. The normalized spacial score (nSPS) is 12.6. The molecular weight excluding hydrogens is 216 g/mol. The zero-order valence-electron chi connectivity index (χ0n) is 10.0. The molecule has 1 atom stereocenters. The summed E-state index contributed by atoms with van der Waals surface area (Å²) < 4.78 is 10.6. The van der Waals surface area contributed by atoms with Gasteiger partial charge in [0.25, 0.3) is 0 Å². The highest BCUT2D eigenvalue weighted by Gasteiger charge is 2.05. The molecule has 4 heteroatoms. The van der Waals surface area contributed by atoms with Gasteiger partial charge in [0, 0.05) is 24.2 Å². The summed E-state index contributed by atoms with van der Waals surface area (Å²) in [5, 5.41) is 1.05. The standard InChI is InChI=1S/C13H16N2O2/c1-9(8-16-2)17-13-6-4-10-3-5-11(14)7-12(10)15-13/h3-7,9H,8,14H2,1-2H3. The predicted octanol–water partition coefficient (Wildman–Crippen LogP) is 2.23. The lowest BCUT2D eigenvalue weighted by molar-refractivity contribution is 0.0892. The Morgan fingerprint density at radius 3 is 2.82 bits per heavy atom. The number of rotatable bonds is 4. The number of nitrogens with two attached hydrogens (primary N) is 1. The largest absolute Gasteiger partial charge is 0.472 e. The maximum absolute atomic E-state index is 5.72. The van der Waals surface area contributed by atoms with Crippen molar-refractivity contribution < 1.29 is 9.47 Å². The van der Waals surface area contributed by atoms with E-state index in [0.717, 1.165) is 10.9 Å². The van der Waals surface area contributed by atoms with Crippen LogP contribution in [0.3, 0.4) is 0 Å². The highest BCUT2D eigenvalue weighted by molar-refractivity contribution is 5.82. The van der Waals surface area contributed by atoms with Crippen LogP contribution in [-0.2, 0) is 4.74 Å². The zero-order chi connectivity index (χ0) is 12.3. The lowest BCUT2D eigenvalue weighted by atomic mass is 10.2. The summed E-state index contributed by atoms with van der Waals surface area (Å²) in [5.41, 5.74) is 7.26. The van der Waals surface area contributed by atoms with Gasteiger partial charge in [0.2, 0.25) is 5.88 Å². The molecule has 0 bridgehead atoms. The van der Waals surface area contributed by atoms with Crippen molar-refractivity contribution >= 4 is 16.6 Å². The average Bonchev–Trinajstić information content (AvgIpc) is 2.28. The van der Waals surface area contributed by atoms with E-state index in [1.165, 1.54) is 0 Å². The van der Waals surface area contributed by atoms with E-state index in [4.69, 9.17) is 15.2 Å². The van der Waals surface area contributed by atoms with Crippen molar-refractivity contribution in [2.45, 2.75) is 13.0 Å². The lowest BCUT2D eigenvalue weighted by Gasteiger charge is -2.13. The molecule has 0 fully saturated rings. The van der Waals surface area contributed by atoms with Crippen LogP contribution >= 0.6 is 0 Å². The minimum absolute atomic E-state index is 0.0222. The van der Waals surface area contributed by atoms with Crippen LogP contribution in [-0.4, -0.2) is 24.8 Å². The Hall–Kier alpha value is -1.81. The number of aromatic nitrogens is 1. The number of hydrogen-bond acceptors (Lipinski definition) is 4. The first-order chi connectivity index (χ1) is 8.19. The van der Waals surface area contributed by atoms with Gasteiger partial charge in [-0.25, -0.2) is 4.98 Å². The van der Waals surface area contributed by atoms with Gasteiger partial charge in [-0.3, -0.25) is 0 Å². The third-order valence-corrected chi connectivity index (χ3v) is 2.41. The highest BCUT2D eigenvalue weighted by Crippen LogP contribution is 2.19. The summed E-state index contributed by atoms with van der Waals surface area (Å²) in [6, 6.07) is 9.46. The Morgan fingerprint density at radius 2 is 2.06 bits per heavy atom. The van der Waals surface area contributed by atoms with E-state index in [2.05, 4.69) is 4.98 Å². The number of hydrogen-bond donors (Lipinski definition) is 1. The fourth-order valence-electron chi connectivity index (χ4n) is 1.66. The van der Waals surface area contributed by atoms with Crippen molar-refractivity contribution in [3.05, 3.63) is 30.3 Å². The van der Waals surface area contributed by atoms with Gasteiger partial charge in [-0.2, -0.15) is 0 Å². The van der Waals surface area contributed by atoms with Gasteiger partial charge in [-0.05, 0) is 25.1 Å². The number of benzene rings is 1. The maximum atomic E-state index is 5.72. The maximum Gasteiger partial charge on any atom is 0.214 e. The zero-order valence-corrected chi connectivity index (χ0v) is 10.0. The van der Waals surface area contributed by atoms with Crippen LogP contribution in [0.5, 0.6) is 5.88 Å². The van der Waals surface area contributed by atoms with Gasteiger partial charge in [0.1, 0.15) is 6.10 Å². The van der Waals surface area contributed by atoms with Crippen molar-refractivity contribution in [1.29, 1.82) is 0 Å². The van der Waals surface area contributed by atoms with Gasteiger partial charge in [-0.15, -0.1) is 0 Å². The van der Waals surface area contributed by atoms with Crippen molar-refractivity contribution in [2.24, 2.45) is 0 Å². The van der Waals surface area contributed by atoms with Crippen LogP contribution in [0.1, 0.15) is 6.92 Å². The Bertz CT molecular complexity index is 514. The van der Waals surface area contributed by atoms with Gasteiger partial charge in [-0.1, -0.05) is 6.07 Å². The molecule has 0 aliphatic carbocycles. The molecule has 1 heterocycles. The molecule has 0 radical (unpaired) electrons. The quantitative estimate of drug-likeness (QED) is 0.821.